The molecule has 0 saturated carbocycles. The van der Waals surface area contributed by atoms with Gasteiger partial charge in [0.1, 0.15) is 6.61 Å². The van der Waals surface area contributed by atoms with Crippen LogP contribution in [0.15, 0.2) is 12.2 Å². The monoisotopic (exact) mass is 100 g/mol. The largest absolute Gasteiger partial charge is 0.365 e. The first-order chi connectivity index (χ1) is 3.39. The standard InChI is InChI=1S/C4H4O3/c5-4-2-1-3-6-7-4/h1-2H,3H2. The van der Waals surface area contributed by atoms with Crippen molar-refractivity contribution in [2.45, 2.75) is 0 Å². The minimum Gasteiger partial charge on any atom is -0.293 e. The van der Waals surface area contributed by atoms with Crippen molar-refractivity contribution < 1.29 is 14.6 Å². The van der Waals surface area contributed by atoms with Gasteiger partial charge in [-0.05, 0) is 6.08 Å². The average molecular weight is 100 g/mol. The highest BCUT2D eigenvalue weighted by Crippen LogP contribution is 1.90. The van der Waals surface area contributed by atoms with Crippen molar-refractivity contribution in [2.24, 2.45) is 0 Å². The van der Waals surface area contributed by atoms with Crippen LogP contribution in [-0.2, 0) is 14.6 Å². The molecule has 3 nitrogen and oxygen atoms in total. The summed E-state index contributed by atoms with van der Waals surface area (Å²) in [6.45, 7) is 0.367. The van der Waals surface area contributed by atoms with Gasteiger partial charge in [0.15, 0.2) is 0 Å². The molecule has 3 heteroatoms. The van der Waals surface area contributed by atoms with E-state index in [2.05, 4.69) is 9.78 Å². The van der Waals surface area contributed by atoms with Crippen molar-refractivity contribution in [3.05, 3.63) is 12.2 Å². The molecule has 0 N–H and O–H groups in total. The molecule has 0 unspecified atom stereocenters. The maximum absolute atomic E-state index is 10.0. The fraction of sp³-hybridized carbons (Fsp3) is 0.250. The van der Waals surface area contributed by atoms with E-state index in [1.54, 1.807) is 6.08 Å². The zero-order valence-electron chi connectivity index (χ0n) is 3.59. The predicted molar refractivity (Wildman–Crippen MR) is 21.2 cm³/mol. The van der Waals surface area contributed by atoms with E-state index in [1.807, 2.05) is 0 Å². The zero-order chi connectivity index (χ0) is 5.11. The normalized spacial score (nSPS) is 19.1. The Morgan fingerprint density at radius 3 is 2.86 bits per heavy atom. The molecule has 38 valence electrons. The maximum atomic E-state index is 10.0. The van der Waals surface area contributed by atoms with Crippen molar-refractivity contribution in [3.63, 3.8) is 0 Å². The summed E-state index contributed by atoms with van der Waals surface area (Å²) in [6, 6.07) is 0. The molecule has 0 aromatic rings. The second-order valence-corrected chi connectivity index (χ2v) is 1.09. The van der Waals surface area contributed by atoms with Crippen LogP contribution in [0.2, 0.25) is 0 Å². The summed E-state index contributed by atoms with van der Waals surface area (Å²) < 4.78 is 0. The molecule has 0 aromatic heterocycles. The number of hydrogen-bond donors (Lipinski definition) is 0. The zero-order valence-corrected chi connectivity index (χ0v) is 3.59. The minimum atomic E-state index is -0.439. The highest BCUT2D eigenvalue weighted by Gasteiger charge is 2.00. The lowest BCUT2D eigenvalue weighted by atomic mass is 10.5. The fourth-order valence-electron chi connectivity index (χ4n) is 0.303. The summed E-state index contributed by atoms with van der Waals surface area (Å²) in [5.74, 6) is -0.439. The van der Waals surface area contributed by atoms with E-state index in [0.717, 1.165) is 0 Å². The van der Waals surface area contributed by atoms with Gasteiger partial charge in [0.05, 0.1) is 0 Å². The Balaban J connectivity index is 2.51. The number of carbonyl (C=O) groups is 1. The third-order valence-electron chi connectivity index (χ3n) is 0.559. The molecule has 0 bridgehead atoms. The van der Waals surface area contributed by atoms with E-state index in [1.165, 1.54) is 6.08 Å². The molecule has 1 aliphatic rings. The molecule has 0 spiro atoms. The van der Waals surface area contributed by atoms with Gasteiger partial charge >= 0.3 is 5.97 Å². The lowest BCUT2D eigenvalue weighted by molar-refractivity contribution is -0.264. The van der Waals surface area contributed by atoms with Gasteiger partial charge < -0.3 is 0 Å². The van der Waals surface area contributed by atoms with Crippen LogP contribution < -0.4 is 0 Å². The van der Waals surface area contributed by atoms with E-state index in [9.17, 15) is 4.79 Å². The Kier molecular flexibility index (Phi) is 1.08. The second-order valence-electron chi connectivity index (χ2n) is 1.09. The van der Waals surface area contributed by atoms with Crippen molar-refractivity contribution in [2.75, 3.05) is 6.61 Å². The van der Waals surface area contributed by atoms with Gasteiger partial charge in [-0.15, -0.1) is 0 Å². The molecule has 1 aliphatic heterocycles. The van der Waals surface area contributed by atoms with Crippen LogP contribution in [0.1, 0.15) is 0 Å². The predicted octanol–water partition coefficient (Wildman–Crippen LogP) is 0.0310. The first-order valence-corrected chi connectivity index (χ1v) is 1.89. The lowest BCUT2D eigenvalue weighted by Crippen LogP contribution is -2.06. The van der Waals surface area contributed by atoms with Crippen molar-refractivity contribution in [1.29, 1.82) is 0 Å². The Bertz CT molecular complexity index is 106. The Hall–Kier alpha value is -0.830. The van der Waals surface area contributed by atoms with Crippen LogP contribution in [-0.4, -0.2) is 12.6 Å². The van der Waals surface area contributed by atoms with E-state index < -0.39 is 5.97 Å². The smallest absolute Gasteiger partial charge is 0.293 e. The van der Waals surface area contributed by atoms with Crippen LogP contribution in [0.3, 0.4) is 0 Å². The van der Waals surface area contributed by atoms with Gasteiger partial charge in [-0.3, -0.25) is 4.89 Å². The van der Waals surface area contributed by atoms with Crippen LogP contribution in [0.25, 0.3) is 0 Å². The molecule has 7 heavy (non-hydrogen) atoms. The maximum Gasteiger partial charge on any atom is 0.365 e. The van der Waals surface area contributed by atoms with Gasteiger partial charge in [0.2, 0.25) is 0 Å². The molecule has 0 aliphatic carbocycles. The topological polar surface area (TPSA) is 35.5 Å². The third kappa shape index (κ3) is 1.01. The Morgan fingerprint density at radius 1 is 1.71 bits per heavy atom. The SMILES string of the molecule is O=C1C=CCOO1. The van der Waals surface area contributed by atoms with Gasteiger partial charge in [-0.1, -0.05) is 0 Å². The molecule has 0 saturated heterocycles. The molecule has 1 rings (SSSR count). The van der Waals surface area contributed by atoms with E-state index >= 15 is 0 Å². The number of hydrogen-bond acceptors (Lipinski definition) is 3. The summed E-state index contributed by atoms with van der Waals surface area (Å²) >= 11 is 0. The molecule has 0 radical (unpaired) electrons. The first-order valence-electron chi connectivity index (χ1n) is 1.89. The lowest BCUT2D eigenvalue weighted by Gasteiger charge is -2.00. The summed E-state index contributed by atoms with van der Waals surface area (Å²) in [5.41, 5.74) is 0. The summed E-state index contributed by atoms with van der Waals surface area (Å²) in [4.78, 5) is 18.3. The summed E-state index contributed by atoms with van der Waals surface area (Å²) in [6.07, 6.45) is 2.91. The molecule has 0 atom stereocenters. The average Bonchev–Trinajstić information content (AvgIpc) is 1.69. The van der Waals surface area contributed by atoms with E-state index in [-0.39, 0.29) is 0 Å². The third-order valence-corrected chi connectivity index (χ3v) is 0.559. The quantitative estimate of drug-likeness (QED) is 0.403. The van der Waals surface area contributed by atoms with Crippen LogP contribution >= 0.6 is 0 Å². The van der Waals surface area contributed by atoms with Crippen molar-refractivity contribution >= 4 is 5.97 Å². The molecule has 0 aromatic carbocycles. The molecular weight excluding hydrogens is 96.0 g/mol. The van der Waals surface area contributed by atoms with E-state index in [0.29, 0.717) is 6.61 Å². The summed E-state index contributed by atoms with van der Waals surface area (Å²) in [7, 11) is 0. The second kappa shape index (κ2) is 1.75. The number of rotatable bonds is 0. The van der Waals surface area contributed by atoms with Gasteiger partial charge in [-0.25, -0.2) is 4.79 Å². The number of carbonyl (C=O) groups excluding carboxylic acids is 1. The van der Waals surface area contributed by atoms with Gasteiger partial charge in [-0.2, -0.15) is 4.89 Å². The van der Waals surface area contributed by atoms with Gasteiger partial charge in [0, 0.05) is 6.08 Å². The highest BCUT2D eigenvalue weighted by molar-refractivity contribution is 5.81. The van der Waals surface area contributed by atoms with Crippen LogP contribution in [0.5, 0.6) is 0 Å². The molecule has 1 heterocycles. The Morgan fingerprint density at radius 2 is 2.57 bits per heavy atom. The summed E-state index contributed by atoms with van der Waals surface area (Å²) in [5, 5.41) is 0. The molecule has 0 fully saturated rings. The molecule has 0 amide bonds. The molecular formula is C4H4O3. The van der Waals surface area contributed by atoms with Crippen LogP contribution in [0.4, 0.5) is 0 Å². The first kappa shape index (κ1) is 4.33. The van der Waals surface area contributed by atoms with Gasteiger partial charge in [0.25, 0.3) is 0 Å². The minimum absolute atomic E-state index is 0.367. The Labute approximate surface area is 40.5 Å². The van der Waals surface area contributed by atoms with Crippen molar-refractivity contribution in [1.82, 2.24) is 0 Å². The van der Waals surface area contributed by atoms with Crippen molar-refractivity contribution in [3.8, 4) is 0 Å². The fourth-order valence-corrected chi connectivity index (χ4v) is 0.303. The highest BCUT2D eigenvalue weighted by atomic mass is 17.2. The van der Waals surface area contributed by atoms with E-state index in [4.69, 9.17) is 0 Å². The van der Waals surface area contributed by atoms with Crippen LogP contribution in [0, 0.1) is 0 Å².